The summed E-state index contributed by atoms with van der Waals surface area (Å²) in [5, 5.41) is 2.85. The van der Waals surface area contributed by atoms with Gasteiger partial charge in [-0.25, -0.2) is 8.42 Å². The first kappa shape index (κ1) is 21.2. The van der Waals surface area contributed by atoms with Crippen LogP contribution in [0.2, 0.25) is 0 Å². The van der Waals surface area contributed by atoms with Gasteiger partial charge in [0.05, 0.1) is 11.9 Å². The summed E-state index contributed by atoms with van der Waals surface area (Å²) < 4.78 is 25.2. The van der Waals surface area contributed by atoms with E-state index >= 15 is 0 Å². The summed E-state index contributed by atoms with van der Waals surface area (Å²) in [5.41, 5.74) is 9.12. The highest BCUT2D eigenvalue weighted by Crippen LogP contribution is 2.29. The summed E-state index contributed by atoms with van der Waals surface area (Å²) in [4.78, 5) is 12.4. The lowest BCUT2D eigenvalue weighted by Gasteiger charge is -2.29. The lowest BCUT2D eigenvalue weighted by atomic mass is 10.0. The van der Waals surface area contributed by atoms with Crippen molar-refractivity contribution >= 4 is 34.0 Å². The van der Waals surface area contributed by atoms with E-state index in [9.17, 15) is 13.2 Å². The minimum atomic E-state index is -3.31. The highest BCUT2D eigenvalue weighted by molar-refractivity contribution is 7.92. The van der Waals surface area contributed by atoms with Crippen molar-refractivity contribution in [1.29, 1.82) is 0 Å². The van der Waals surface area contributed by atoms with Gasteiger partial charge in [-0.15, -0.1) is 12.4 Å². The smallest absolute Gasteiger partial charge is 0.251 e. The zero-order chi connectivity index (χ0) is 18.7. The number of halogens is 1. The molecule has 1 heterocycles. The lowest BCUT2D eigenvalue weighted by Crippen LogP contribution is -2.35. The maximum atomic E-state index is 12.4. The van der Waals surface area contributed by atoms with Gasteiger partial charge in [0.2, 0.25) is 10.0 Å². The van der Waals surface area contributed by atoms with Crippen molar-refractivity contribution in [1.82, 2.24) is 5.32 Å². The molecular formula is C19H24ClN3O3S. The molecule has 0 spiro atoms. The average Bonchev–Trinajstić information content (AvgIpc) is 2.64. The minimum Gasteiger partial charge on any atom is -0.350 e. The molecule has 0 aromatic heterocycles. The number of carbonyl (C=O) groups is 1. The molecule has 3 N–H and O–H groups in total. The van der Waals surface area contributed by atoms with E-state index in [4.69, 9.17) is 5.73 Å². The summed E-state index contributed by atoms with van der Waals surface area (Å²) in [6.07, 6.45) is 2.70. The number of rotatable bonds is 5. The Balaban J connectivity index is 0.00000261. The molecule has 1 aliphatic heterocycles. The molecular weight excluding hydrogens is 386 g/mol. The van der Waals surface area contributed by atoms with Gasteiger partial charge in [0.15, 0.2) is 0 Å². The first-order valence-corrected chi connectivity index (χ1v) is 10.4. The zero-order valence-corrected chi connectivity index (χ0v) is 16.7. The monoisotopic (exact) mass is 409 g/mol. The fraction of sp³-hybridized carbons (Fsp3) is 0.316. The molecule has 1 unspecified atom stereocenters. The van der Waals surface area contributed by atoms with Crippen molar-refractivity contribution < 1.29 is 13.2 Å². The van der Waals surface area contributed by atoms with Gasteiger partial charge >= 0.3 is 0 Å². The number of amides is 1. The van der Waals surface area contributed by atoms with E-state index < -0.39 is 10.0 Å². The second kappa shape index (κ2) is 8.73. The number of anilines is 1. The Morgan fingerprint density at radius 3 is 2.59 bits per heavy atom. The first-order chi connectivity index (χ1) is 12.4. The summed E-state index contributed by atoms with van der Waals surface area (Å²) in [5.74, 6) is -0.212. The quantitative estimate of drug-likeness (QED) is 0.792. The molecule has 0 saturated carbocycles. The molecule has 0 aliphatic carbocycles. The van der Waals surface area contributed by atoms with E-state index in [2.05, 4.69) is 5.32 Å². The van der Waals surface area contributed by atoms with Gasteiger partial charge in [-0.2, -0.15) is 0 Å². The number of benzene rings is 2. The van der Waals surface area contributed by atoms with Gasteiger partial charge in [-0.1, -0.05) is 30.3 Å². The Labute approximate surface area is 166 Å². The van der Waals surface area contributed by atoms with Crippen LogP contribution in [0.5, 0.6) is 0 Å². The molecule has 2 aromatic rings. The number of fused-ring (bicyclic) bond motifs is 1. The number of nitrogens with one attached hydrogen (secondary N) is 1. The van der Waals surface area contributed by atoms with Crippen LogP contribution >= 0.6 is 12.4 Å². The zero-order valence-electron chi connectivity index (χ0n) is 15.1. The van der Waals surface area contributed by atoms with Crippen LogP contribution in [0.15, 0.2) is 48.5 Å². The Morgan fingerprint density at radius 1 is 1.22 bits per heavy atom. The van der Waals surface area contributed by atoms with E-state index in [1.807, 2.05) is 30.3 Å². The molecule has 6 nitrogen and oxygen atoms in total. The predicted octanol–water partition coefficient (Wildman–Crippen LogP) is 2.25. The average molecular weight is 410 g/mol. The van der Waals surface area contributed by atoms with Crippen molar-refractivity contribution in [2.45, 2.75) is 18.9 Å². The number of nitrogens with two attached hydrogens (primary N) is 1. The lowest BCUT2D eigenvalue weighted by molar-refractivity contribution is 0.0951. The second-order valence-electron chi connectivity index (χ2n) is 6.51. The summed E-state index contributed by atoms with van der Waals surface area (Å²) in [6, 6.07) is 14.5. The van der Waals surface area contributed by atoms with Gasteiger partial charge in [0.1, 0.15) is 0 Å². The van der Waals surface area contributed by atoms with Crippen molar-refractivity contribution in [2.24, 2.45) is 5.73 Å². The van der Waals surface area contributed by atoms with Crippen LogP contribution in [0.1, 0.15) is 33.9 Å². The van der Waals surface area contributed by atoms with Crippen LogP contribution in [-0.2, 0) is 16.4 Å². The fourth-order valence-corrected chi connectivity index (χ4v) is 4.17. The second-order valence-corrected chi connectivity index (χ2v) is 8.42. The molecule has 1 atom stereocenters. The van der Waals surface area contributed by atoms with Crippen LogP contribution in [0.3, 0.4) is 0 Å². The normalized spacial score (nSPS) is 14.7. The topological polar surface area (TPSA) is 92.5 Å². The van der Waals surface area contributed by atoms with Crippen LogP contribution in [0.25, 0.3) is 0 Å². The van der Waals surface area contributed by atoms with Crippen LogP contribution in [0.4, 0.5) is 5.69 Å². The van der Waals surface area contributed by atoms with Crippen molar-refractivity contribution in [3.05, 3.63) is 65.2 Å². The third kappa shape index (κ3) is 5.00. The molecule has 27 heavy (non-hydrogen) atoms. The molecule has 2 aromatic carbocycles. The number of carbonyl (C=O) groups excluding carboxylic acids is 1. The molecule has 146 valence electrons. The van der Waals surface area contributed by atoms with Crippen LogP contribution in [-0.4, -0.2) is 33.7 Å². The number of sulfonamides is 1. The Bertz CT molecular complexity index is 904. The Hall–Kier alpha value is -2.09. The third-order valence-electron chi connectivity index (χ3n) is 4.53. The van der Waals surface area contributed by atoms with E-state index in [1.165, 1.54) is 10.6 Å². The largest absolute Gasteiger partial charge is 0.350 e. The maximum Gasteiger partial charge on any atom is 0.251 e. The van der Waals surface area contributed by atoms with Crippen LogP contribution < -0.4 is 15.4 Å². The number of nitrogens with zero attached hydrogens (tertiary/aromatic N) is 1. The molecule has 3 rings (SSSR count). The summed E-state index contributed by atoms with van der Waals surface area (Å²) in [6.45, 7) is 0.804. The highest BCUT2D eigenvalue weighted by atomic mass is 35.5. The van der Waals surface area contributed by atoms with Crippen LogP contribution in [0, 0.1) is 0 Å². The van der Waals surface area contributed by atoms with E-state index in [1.54, 1.807) is 18.2 Å². The van der Waals surface area contributed by atoms with Gasteiger partial charge in [-0.3, -0.25) is 9.10 Å². The molecule has 0 saturated heterocycles. The van der Waals surface area contributed by atoms with Gasteiger partial charge < -0.3 is 11.1 Å². The summed E-state index contributed by atoms with van der Waals surface area (Å²) >= 11 is 0. The fourth-order valence-electron chi connectivity index (χ4n) is 3.17. The molecule has 1 aliphatic rings. The molecule has 0 fully saturated rings. The van der Waals surface area contributed by atoms with Gasteiger partial charge in [-0.05, 0) is 42.2 Å². The molecule has 0 radical (unpaired) electrons. The number of hydrogen-bond acceptors (Lipinski definition) is 4. The predicted molar refractivity (Wildman–Crippen MR) is 110 cm³/mol. The molecule has 1 amide bonds. The molecule has 8 heteroatoms. The Kier molecular flexibility index (Phi) is 6.86. The summed E-state index contributed by atoms with van der Waals surface area (Å²) in [7, 11) is -3.31. The maximum absolute atomic E-state index is 12.4. The van der Waals surface area contributed by atoms with E-state index in [0.29, 0.717) is 24.3 Å². The van der Waals surface area contributed by atoms with Gasteiger partial charge in [0, 0.05) is 24.7 Å². The SMILES string of the molecule is CS(=O)(=O)N1CCCc2cc(C(=O)NCC(N)c3ccccc3)ccc21.Cl. The van der Waals surface area contributed by atoms with Crippen molar-refractivity contribution in [2.75, 3.05) is 23.7 Å². The third-order valence-corrected chi connectivity index (χ3v) is 5.71. The Morgan fingerprint density at radius 2 is 1.93 bits per heavy atom. The first-order valence-electron chi connectivity index (χ1n) is 8.55. The van der Waals surface area contributed by atoms with Gasteiger partial charge in [0.25, 0.3) is 5.91 Å². The number of aryl methyl sites for hydroxylation is 1. The highest BCUT2D eigenvalue weighted by Gasteiger charge is 2.24. The van der Waals surface area contributed by atoms with E-state index in [-0.39, 0.29) is 24.4 Å². The van der Waals surface area contributed by atoms with Crippen molar-refractivity contribution in [3.63, 3.8) is 0 Å². The van der Waals surface area contributed by atoms with Crippen molar-refractivity contribution in [3.8, 4) is 0 Å². The standard InChI is InChI=1S/C19H23N3O3S.ClH/c1-26(24,25)22-11-5-8-15-12-16(9-10-18(15)22)19(23)21-13-17(20)14-6-3-2-4-7-14;/h2-4,6-7,9-10,12,17H,5,8,11,13,20H2,1H3,(H,21,23);1H. The minimum absolute atomic E-state index is 0. The molecule has 0 bridgehead atoms. The number of hydrogen-bond donors (Lipinski definition) is 2. The van der Waals surface area contributed by atoms with E-state index in [0.717, 1.165) is 24.0 Å².